The molecule has 7 heteroatoms. The number of ether oxygens (including phenoxy) is 1. The van der Waals surface area contributed by atoms with E-state index in [0.717, 1.165) is 38.8 Å². The molecule has 0 saturated carbocycles. The zero-order chi connectivity index (χ0) is 21.1. The van der Waals surface area contributed by atoms with E-state index in [2.05, 4.69) is 0 Å². The van der Waals surface area contributed by atoms with E-state index in [0.29, 0.717) is 23.4 Å². The van der Waals surface area contributed by atoms with Gasteiger partial charge in [-0.25, -0.2) is 0 Å². The molecule has 1 saturated heterocycles. The fraction of sp³-hybridized carbons (Fsp3) is 0.435. The number of carbonyl (C=O) groups is 3. The van der Waals surface area contributed by atoms with Crippen LogP contribution in [0.25, 0.3) is 0 Å². The predicted molar refractivity (Wildman–Crippen MR) is 111 cm³/mol. The minimum Gasteiger partial charge on any atom is -0.478 e. The quantitative estimate of drug-likeness (QED) is 0.706. The average Bonchev–Trinajstić information content (AvgIpc) is 3.16. The van der Waals surface area contributed by atoms with Crippen LogP contribution in [-0.2, 0) is 9.59 Å². The van der Waals surface area contributed by atoms with Crippen molar-refractivity contribution < 1.29 is 23.5 Å². The lowest BCUT2D eigenvalue weighted by atomic mass is 10.0. The Morgan fingerprint density at radius 3 is 2.53 bits per heavy atom. The molecule has 0 bridgehead atoms. The number of anilines is 1. The van der Waals surface area contributed by atoms with Crippen molar-refractivity contribution in [2.75, 3.05) is 24.5 Å². The number of carbonyl (C=O) groups excluding carboxylic acids is 3. The van der Waals surface area contributed by atoms with E-state index in [1.165, 1.54) is 11.2 Å². The molecule has 1 fully saturated rings. The molecule has 0 spiro atoms. The number of benzene rings is 1. The van der Waals surface area contributed by atoms with Gasteiger partial charge in [0.2, 0.25) is 11.7 Å². The van der Waals surface area contributed by atoms with Crippen molar-refractivity contribution >= 4 is 23.3 Å². The number of nitrogens with zero attached hydrogens (tertiary/aromatic N) is 2. The molecule has 0 aliphatic carbocycles. The van der Waals surface area contributed by atoms with Gasteiger partial charge in [0, 0.05) is 18.7 Å². The van der Waals surface area contributed by atoms with Crippen LogP contribution in [0.15, 0.2) is 41.0 Å². The highest BCUT2D eigenvalue weighted by molar-refractivity contribution is 6.10. The van der Waals surface area contributed by atoms with Gasteiger partial charge >= 0.3 is 0 Å². The number of furan rings is 1. The van der Waals surface area contributed by atoms with Crippen LogP contribution >= 0.6 is 0 Å². The van der Waals surface area contributed by atoms with E-state index in [1.807, 2.05) is 11.8 Å². The normalized spacial score (nSPS) is 19.1. The van der Waals surface area contributed by atoms with Crippen molar-refractivity contribution in [3.05, 3.63) is 47.9 Å². The molecule has 158 valence electrons. The fourth-order valence-corrected chi connectivity index (χ4v) is 3.99. The van der Waals surface area contributed by atoms with Gasteiger partial charge < -0.3 is 14.1 Å². The average molecular weight is 410 g/mol. The van der Waals surface area contributed by atoms with Crippen molar-refractivity contribution in [2.45, 2.75) is 45.1 Å². The second kappa shape index (κ2) is 8.73. The third-order valence-corrected chi connectivity index (χ3v) is 5.69. The third-order valence-electron chi connectivity index (χ3n) is 5.69. The van der Waals surface area contributed by atoms with Crippen LogP contribution < -0.4 is 9.64 Å². The van der Waals surface area contributed by atoms with Crippen LogP contribution in [0.3, 0.4) is 0 Å². The molecule has 30 heavy (non-hydrogen) atoms. The summed E-state index contributed by atoms with van der Waals surface area (Å²) in [6, 6.07) is 8.19. The Morgan fingerprint density at radius 1 is 1.10 bits per heavy atom. The molecular formula is C23H26N2O5. The zero-order valence-electron chi connectivity index (χ0n) is 17.1. The monoisotopic (exact) mass is 410 g/mol. The molecular weight excluding hydrogens is 384 g/mol. The van der Waals surface area contributed by atoms with Crippen molar-refractivity contribution in [2.24, 2.45) is 0 Å². The maximum atomic E-state index is 13.0. The highest BCUT2D eigenvalue weighted by atomic mass is 16.5. The molecule has 2 aliphatic rings. The molecule has 2 amide bonds. The van der Waals surface area contributed by atoms with E-state index < -0.39 is 6.10 Å². The van der Waals surface area contributed by atoms with E-state index in [4.69, 9.17) is 9.15 Å². The van der Waals surface area contributed by atoms with Gasteiger partial charge in [-0.3, -0.25) is 19.3 Å². The van der Waals surface area contributed by atoms with E-state index in [1.54, 1.807) is 30.3 Å². The number of hydrogen-bond acceptors (Lipinski definition) is 5. The number of fused-ring (bicyclic) bond motifs is 1. The SMILES string of the molecule is CCC1Oc2ccc(C(=O)c3ccco3)cc2N(CC(=O)N2CCCCCC2)C1=O. The van der Waals surface area contributed by atoms with Crippen molar-refractivity contribution in [3.8, 4) is 5.75 Å². The summed E-state index contributed by atoms with van der Waals surface area (Å²) in [6.45, 7) is 3.26. The molecule has 0 N–H and O–H groups in total. The lowest BCUT2D eigenvalue weighted by Crippen LogP contribution is -2.50. The van der Waals surface area contributed by atoms with E-state index in [-0.39, 0.29) is 29.9 Å². The van der Waals surface area contributed by atoms with Gasteiger partial charge in [-0.05, 0) is 49.6 Å². The Kier molecular flexibility index (Phi) is 5.88. The van der Waals surface area contributed by atoms with Crippen LogP contribution in [-0.4, -0.2) is 48.2 Å². The fourth-order valence-electron chi connectivity index (χ4n) is 3.99. The second-order valence-electron chi connectivity index (χ2n) is 7.72. The number of likely N-dealkylation sites (tertiary alicyclic amines) is 1. The lowest BCUT2D eigenvalue weighted by Gasteiger charge is -2.35. The van der Waals surface area contributed by atoms with Gasteiger partial charge in [0.05, 0.1) is 12.0 Å². The maximum Gasteiger partial charge on any atom is 0.268 e. The lowest BCUT2D eigenvalue weighted by molar-refractivity contribution is -0.133. The van der Waals surface area contributed by atoms with E-state index >= 15 is 0 Å². The molecule has 3 heterocycles. The topological polar surface area (TPSA) is 80.1 Å². The summed E-state index contributed by atoms with van der Waals surface area (Å²) in [7, 11) is 0. The van der Waals surface area contributed by atoms with Gasteiger partial charge in [-0.15, -0.1) is 0 Å². The minimum absolute atomic E-state index is 0.0515. The van der Waals surface area contributed by atoms with Crippen molar-refractivity contribution in [3.63, 3.8) is 0 Å². The molecule has 2 aliphatic heterocycles. The maximum absolute atomic E-state index is 13.0. The number of amides is 2. The Morgan fingerprint density at radius 2 is 1.87 bits per heavy atom. The first kappa shape index (κ1) is 20.2. The predicted octanol–water partition coefficient (Wildman–Crippen LogP) is 3.42. The number of rotatable bonds is 5. The van der Waals surface area contributed by atoms with Gasteiger partial charge in [0.25, 0.3) is 5.91 Å². The van der Waals surface area contributed by atoms with Gasteiger partial charge in [0.15, 0.2) is 11.9 Å². The van der Waals surface area contributed by atoms with Gasteiger partial charge in [-0.1, -0.05) is 19.8 Å². The van der Waals surface area contributed by atoms with Gasteiger partial charge in [0.1, 0.15) is 12.3 Å². The molecule has 1 unspecified atom stereocenters. The molecule has 7 nitrogen and oxygen atoms in total. The summed E-state index contributed by atoms with van der Waals surface area (Å²) >= 11 is 0. The summed E-state index contributed by atoms with van der Waals surface area (Å²) in [5.74, 6) is 0.107. The Bertz CT molecular complexity index is 929. The molecule has 2 aromatic rings. The zero-order valence-corrected chi connectivity index (χ0v) is 17.1. The summed E-state index contributed by atoms with van der Waals surface area (Å²) in [5, 5.41) is 0. The van der Waals surface area contributed by atoms with Crippen LogP contribution in [0, 0.1) is 0 Å². The second-order valence-corrected chi connectivity index (χ2v) is 7.72. The summed E-state index contributed by atoms with van der Waals surface area (Å²) in [5.41, 5.74) is 0.826. The minimum atomic E-state index is -0.638. The molecule has 1 aromatic heterocycles. The number of ketones is 1. The largest absolute Gasteiger partial charge is 0.478 e. The van der Waals surface area contributed by atoms with Crippen molar-refractivity contribution in [1.29, 1.82) is 0 Å². The van der Waals surface area contributed by atoms with Crippen LogP contribution in [0.4, 0.5) is 5.69 Å². The van der Waals surface area contributed by atoms with Crippen LogP contribution in [0.1, 0.15) is 55.1 Å². The Hall–Kier alpha value is -3.09. The van der Waals surface area contributed by atoms with Gasteiger partial charge in [-0.2, -0.15) is 0 Å². The first-order valence-corrected chi connectivity index (χ1v) is 10.6. The summed E-state index contributed by atoms with van der Waals surface area (Å²) < 4.78 is 11.1. The first-order chi connectivity index (χ1) is 14.6. The molecule has 4 rings (SSSR count). The smallest absolute Gasteiger partial charge is 0.268 e. The Labute approximate surface area is 175 Å². The molecule has 0 radical (unpaired) electrons. The number of hydrogen-bond donors (Lipinski definition) is 0. The standard InChI is InChI=1S/C23H26N2O5/c1-2-18-23(28)25(15-21(26)24-11-5-3-4-6-12-24)17-14-16(9-10-19(17)30-18)22(27)20-8-7-13-29-20/h7-10,13-14,18H,2-6,11-12,15H2,1H3. The molecule has 1 aromatic carbocycles. The Balaban J connectivity index is 1.64. The van der Waals surface area contributed by atoms with Crippen molar-refractivity contribution in [1.82, 2.24) is 4.90 Å². The highest BCUT2D eigenvalue weighted by Gasteiger charge is 2.36. The summed E-state index contributed by atoms with van der Waals surface area (Å²) in [4.78, 5) is 42.0. The third kappa shape index (κ3) is 3.97. The van der Waals surface area contributed by atoms with E-state index in [9.17, 15) is 14.4 Å². The summed E-state index contributed by atoms with van der Waals surface area (Å²) in [6.07, 6.45) is 5.52. The highest BCUT2D eigenvalue weighted by Crippen LogP contribution is 2.36. The first-order valence-electron chi connectivity index (χ1n) is 10.6. The van der Waals surface area contributed by atoms with Crippen LogP contribution in [0.2, 0.25) is 0 Å². The molecule has 1 atom stereocenters. The van der Waals surface area contributed by atoms with Crippen LogP contribution in [0.5, 0.6) is 5.75 Å².